The monoisotopic (exact) mass is 560 g/mol. The van der Waals surface area contributed by atoms with Crippen LogP contribution in [0.5, 0.6) is 5.75 Å². The van der Waals surface area contributed by atoms with Gasteiger partial charge in [-0.2, -0.15) is 5.09 Å². The van der Waals surface area contributed by atoms with Crippen molar-refractivity contribution in [3.63, 3.8) is 0 Å². The second-order valence-electron chi connectivity index (χ2n) is 9.29. The largest absolute Gasteiger partial charge is 0.480 e. The number of carboxylic acids is 1. The van der Waals surface area contributed by atoms with Crippen molar-refractivity contribution in [1.82, 2.24) is 24.6 Å². The lowest BCUT2D eigenvalue weighted by Crippen LogP contribution is -2.42. The van der Waals surface area contributed by atoms with Gasteiger partial charge in [-0.25, -0.2) is 23.9 Å². The van der Waals surface area contributed by atoms with Crippen molar-refractivity contribution < 1.29 is 37.7 Å². The van der Waals surface area contributed by atoms with Crippen LogP contribution in [0.3, 0.4) is 0 Å². The van der Waals surface area contributed by atoms with Crippen molar-refractivity contribution in [2.45, 2.75) is 44.0 Å². The number of benzene rings is 2. The highest BCUT2D eigenvalue weighted by molar-refractivity contribution is 7.52. The fourth-order valence-electron chi connectivity index (χ4n) is 4.36. The number of carboxylic acid groups (broad SMARTS) is 1. The number of aromatic nitrogens is 4. The number of carbonyl (C=O) groups is 1. The second-order valence-corrected chi connectivity index (χ2v) is 11.0. The molecule has 2 aromatic heterocycles. The Morgan fingerprint density at radius 3 is 2.79 bits per heavy atom. The van der Waals surface area contributed by atoms with Crippen LogP contribution in [-0.4, -0.2) is 66.2 Å². The molecule has 206 valence electrons. The van der Waals surface area contributed by atoms with Gasteiger partial charge < -0.3 is 25.2 Å². The number of nitrogens with one attached hydrogen (secondary N) is 1. The minimum atomic E-state index is -4.42. The highest BCUT2D eigenvalue weighted by atomic mass is 31.2. The molecule has 39 heavy (non-hydrogen) atoms. The Kier molecular flexibility index (Phi) is 6.99. The molecule has 6 atom stereocenters. The van der Waals surface area contributed by atoms with Crippen LogP contribution in [0, 0.1) is 0 Å². The molecule has 2 unspecified atom stereocenters. The fourth-order valence-corrected chi connectivity index (χ4v) is 5.88. The Labute approximate surface area is 221 Å². The number of anilines is 1. The van der Waals surface area contributed by atoms with Gasteiger partial charge in [-0.15, -0.1) is 0 Å². The molecule has 4 aromatic rings. The van der Waals surface area contributed by atoms with Gasteiger partial charge >= 0.3 is 13.7 Å². The summed E-state index contributed by atoms with van der Waals surface area (Å²) >= 11 is 0. The van der Waals surface area contributed by atoms with E-state index in [1.807, 2.05) is 18.2 Å². The molecule has 0 bridgehead atoms. The number of nitrogens with zero attached hydrogens (tertiary/aromatic N) is 4. The van der Waals surface area contributed by atoms with Crippen molar-refractivity contribution in [3.05, 3.63) is 55.1 Å². The Bertz CT molecular complexity index is 1580. The van der Waals surface area contributed by atoms with Crippen LogP contribution in [0.25, 0.3) is 21.9 Å². The Balaban J connectivity index is 1.40. The Morgan fingerprint density at radius 1 is 1.28 bits per heavy atom. The molecule has 1 saturated heterocycles. The molecule has 3 heterocycles. The smallest absolute Gasteiger partial charge is 0.459 e. The summed E-state index contributed by atoms with van der Waals surface area (Å²) in [5.74, 6) is -1.05. The van der Waals surface area contributed by atoms with E-state index in [1.54, 1.807) is 24.3 Å². The molecule has 0 radical (unpaired) electrons. The maximum Gasteiger partial charge on any atom is 0.459 e. The van der Waals surface area contributed by atoms with Gasteiger partial charge in [0, 0.05) is 5.39 Å². The number of aliphatic carboxylic acids is 1. The number of hydrogen-bond acceptors (Lipinski definition) is 10. The summed E-state index contributed by atoms with van der Waals surface area (Å²) in [7, 11) is -4.42. The van der Waals surface area contributed by atoms with E-state index in [0.29, 0.717) is 5.39 Å². The molecule has 1 aliphatic heterocycles. The second kappa shape index (κ2) is 10.1. The van der Waals surface area contributed by atoms with Gasteiger partial charge in [-0.1, -0.05) is 36.4 Å². The summed E-state index contributed by atoms with van der Waals surface area (Å²) in [6.45, 7) is 1.84. The molecule has 0 spiro atoms. The van der Waals surface area contributed by atoms with Crippen LogP contribution in [0.1, 0.15) is 20.1 Å². The molecule has 15 heteroatoms. The van der Waals surface area contributed by atoms with Crippen LogP contribution >= 0.6 is 7.75 Å². The first-order valence-corrected chi connectivity index (χ1v) is 13.4. The third-order valence-corrected chi connectivity index (χ3v) is 8.06. The highest BCUT2D eigenvalue weighted by Crippen LogP contribution is 2.49. The van der Waals surface area contributed by atoms with Gasteiger partial charge in [0.2, 0.25) is 0 Å². The molecule has 13 nitrogen and oxygen atoms in total. The molecular formula is C24H26FN6O7P. The molecule has 5 rings (SSSR count). The Hall–Kier alpha value is -3.68. The number of ether oxygens (including phenoxy) is 1. The van der Waals surface area contributed by atoms with Gasteiger partial charge in [0.05, 0.1) is 12.9 Å². The summed E-state index contributed by atoms with van der Waals surface area (Å²) in [5, 5.41) is 24.1. The predicted octanol–water partition coefficient (Wildman–Crippen LogP) is 2.81. The summed E-state index contributed by atoms with van der Waals surface area (Å²) in [5.41, 5.74) is 4.20. The van der Waals surface area contributed by atoms with E-state index in [4.69, 9.17) is 19.5 Å². The summed E-state index contributed by atoms with van der Waals surface area (Å²) in [4.78, 5) is 23.6. The van der Waals surface area contributed by atoms with Crippen molar-refractivity contribution in [3.8, 4) is 5.75 Å². The average Bonchev–Trinajstić information content (AvgIpc) is 3.42. The van der Waals surface area contributed by atoms with Crippen LogP contribution in [0.15, 0.2) is 55.1 Å². The minimum Gasteiger partial charge on any atom is -0.480 e. The zero-order chi connectivity index (χ0) is 27.9. The number of halogens is 1. The molecule has 1 aliphatic rings. The number of fused-ring (bicyclic) bond motifs is 2. The summed E-state index contributed by atoms with van der Waals surface area (Å²) in [6.07, 6.45) is -2.25. The summed E-state index contributed by atoms with van der Waals surface area (Å²) in [6, 6.07) is 10.8. The third kappa shape index (κ3) is 5.04. The normalized spacial score (nSPS) is 25.5. The molecular weight excluding hydrogens is 534 g/mol. The number of aliphatic hydroxyl groups is 1. The zero-order valence-corrected chi connectivity index (χ0v) is 21.7. The van der Waals surface area contributed by atoms with Crippen LogP contribution in [-0.2, 0) is 18.6 Å². The first-order chi connectivity index (χ1) is 18.5. The standard InChI is InChI=1S/C24H26FN6O7P/c1-13(22(32)33)30-39(35,38-16-9-5-7-14-6-3-4-8-15(14)16)36-10-17-19(25)24(2,34)23(37-17)31-12-29-18-20(26)27-11-28-21(18)31/h3-9,11-13,17,19,23,34H,10H2,1-2H3,(H,30,35)(H,32,33)(H2,26,27,28)/t13?,17-,19-,23-,24-,39?/m1/s1. The fraction of sp³-hybridized carbons (Fsp3) is 0.333. The van der Waals surface area contributed by atoms with E-state index < -0.39 is 50.5 Å². The van der Waals surface area contributed by atoms with E-state index in [2.05, 4.69) is 20.0 Å². The molecule has 1 fully saturated rings. The minimum absolute atomic E-state index is 0.0956. The molecule has 0 amide bonds. The third-order valence-electron chi connectivity index (χ3n) is 6.43. The number of alkyl halides is 1. The van der Waals surface area contributed by atoms with Crippen molar-refractivity contribution in [2.75, 3.05) is 12.3 Å². The van der Waals surface area contributed by atoms with E-state index in [-0.39, 0.29) is 22.7 Å². The van der Waals surface area contributed by atoms with E-state index >= 15 is 4.39 Å². The molecule has 0 aliphatic carbocycles. The van der Waals surface area contributed by atoms with Crippen LogP contribution in [0.2, 0.25) is 0 Å². The molecule has 5 N–H and O–H groups in total. The van der Waals surface area contributed by atoms with E-state index in [9.17, 15) is 19.6 Å². The maximum atomic E-state index is 15.5. The van der Waals surface area contributed by atoms with Gasteiger partial charge in [-0.3, -0.25) is 13.9 Å². The van der Waals surface area contributed by atoms with Gasteiger partial charge in [0.25, 0.3) is 0 Å². The Morgan fingerprint density at radius 2 is 2.03 bits per heavy atom. The first kappa shape index (κ1) is 26.9. The number of rotatable bonds is 9. The predicted molar refractivity (Wildman–Crippen MR) is 138 cm³/mol. The zero-order valence-electron chi connectivity index (χ0n) is 20.8. The SMILES string of the molecule is CC(NP(=O)(OC[C@H]1O[C@@H](n2cnc3c(N)ncnc32)[C@](C)(O)[C@@H]1F)Oc1cccc2ccccc12)C(=O)O. The van der Waals surface area contributed by atoms with Crippen LogP contribution in [0.4, 0.5) is 10.2 Å². The lowest BCUT2D eigenvalue weighted by molar-refractivity contribution is -0.138. The number of imidazole rings is 1. The summed E-state index contributed by atoms with van der Waals surface area (Å²) < 4.78 is 47.7. The quantitative estimate of drug-likeness (QED) is 0.220. The lowest BCUT2D eigenvalue weighted by atomic mass is 9.98. The van der Waals surface area contributed by atoms with E-state index in [1.165, 1.54) is 31.1 Å². The van der Waals surface area contributed by atoms with Gasteiger partial charge in [0.15, 0.2) is 23.9 Å². The van der Waals surface area contributed by atoms with Crippen molar-refractivity contribution >= 4 is 41.5 Å². The lowest BCUT2D eigenvalue weighted by Gasteiger charge is -2.26. The number of nitrogen functional groups attached to an aromatic ring is 1. The van der Waals surface area contributed by atoms with Crippen molar-refractivity contribution in [1.29, 1.82) is 0 Å². The number of nitrogens with two attached hydrogens (primary N) is 1. The van der Waals surface area contributed by atoms with Crippen molar-refractivity contribution in [2.24, 2.45) is 0 Å². The molecule has 2 aromatic carbocycles. The molecule has 0 saturated carbocycles. The topological polar surface area (TPSA) is 184 Å². The van der Waals surface area contributed by atoms with Gasteiger partial charge in [0.1, 0.15) is 35.3 Å². The maximum absolute atomic E-state index is 15.5. The first-order valence-electron chi connectivity index (χ1n) is 11.9. The van der Waals surface area contributed by atoms with Gasteiger partial charge in [-0.05, 0) is 25.3 Å². The highest BCUT2D eigenvalue weighted by Gasteiger charge is 2.55. The van der Waals surface area contributed by atoms with Crippen LogP contribution < -0.4 is 15.3 Å². The average molecular weight is 560 g/mol. The number of hydrogen-bond donors (Lipinski definition) is 4. The van der Waals surface area contributed by atoms with E-state index in [0.717, 1.165) is 5.39 Å².